The number of rotatable bonds is 4. The molecule has 2 rings (SSSR count). The lowest BCUT2D eigenvalue weighted by Gasteiger charge is -2.36. The van der Waals surface area contributed by atoms with Crippen LogP contribution in [0.3, 0.4) is 0 Å². The van der Waals surface area contributed by atoms with Crippen LogP contribution in [-0.4, -0.2) is 42.6 Å². The lowest BCUT2D eigenvalue weighted by molar-refractivity contribution is -0.0572. The van der Waals surface area contributed by atoms with Crippen LogP contribution in [0.15, 0.2) is 24.3 Å². The Morgan fingerprint density at radius 3 is 2.37 bits per heavy atom. The van der Waals surface area contributed by atoms with Gasteiger partial charge < -0.3 is 19.8 Å². The van der Waals surface area contributed by atoms with Crippen molar-refractivity contribution in [1.29, 1.82) is 0 Å². The van der Waals surface area contributed by atoms with E-state index in [0.717, 1.165) is 11.3 Å². The Balaban J connectivity index is 2.00. The first kappa shape index (κ1) is 14.3. The molecule has 4 nitrogen and oxygen atoms in total. The largest absolute Gasteiger partial charge is 0.389 e. The standard InChI is InChI=1S/C15H23NO3/c1-12(17)13-3-5-14(6-4-13)16(2)11-15(18)7-9-19-10-8-15/h3-6,12,17-18H,7-11H2,1-2H3/t12-/m1/s1. The number of nitrogens with zero attached hydrogens (tertiary/aromatic N) is 1. The van der Waals surface area contributed by atoms with Gasteiger partial charge in [-0.15, -0.1) is 0 Å². The Labute approximate surface area is 114 Å². The van der Waals surface area contributed by atoms with Crippen molar-refractivity contribution in [1.82, 2.24) is 0 Å². The summed E-state index contributed by atoms with van der Waals surface area (Å²) in [5.74, 6) is 0. The van der Waals surface area contributed by atoms with E-state index in [1.54, 1.807) is 6.92 Å². The van der Waals surface area contributed by atoms with Crippen LogP contribution in [0.4, 0.5) is 5.69 Å². The average molecular weight is 265 g/mol. The predicted molar refractivity (Wildman–Crippen MR) is 75.3 cm³/mol. The number of ether oxygens (including phenoxy) is 1. The van der Waals surface area contributed by atoms with Crippen LogP contribution < -0.4 is 4.90 Å². The van der Waals surface area contributed by atoms with Gasteiger partial charge in [0.15, 0.2) is 0 Å². The highest BCUT2D eigenvalue weighted by Gasteiger charge is 2.31. The molecule has 1 fully saturated rings. The number of aliphatic hydroxyl groups is 2. The van der Waals surface area contributed by atoms with Gasteiger partial charge in [-0.3, -0.25) is 0 Å². The van der Waals surface area contributed by atoms with Crippen molar-refractivity contribution in [2.75, 3.05) is 31.7 Å². The molecule has 1 aromatic carbocycles. The minimum Gasteiger partial charge on any atom is -0.389 e. The fourth-order valence-electron chi connectivity index (χ4n) is 2.45. The summed E-state index contributed by atoms with van der Waals surface area (Å²) in [5, 5.41) is 20.0. The van der Waals surface area contributed by atoms with Gasteiger partial charge in [-0.1, -0.05) is 12.1 Å². The van der Waals surface area contributed by atoms with Gasteiger partial charge in [0, 0.05) is 45.3 Å². The van der Waals surface area contributed by atoms with Crippen LogP contribution in [0.2, 0.25) is 0 Å². The molecule has 1 heterocycles. The minimum atomic E-state index is -0.657. The summed E-state index contributed by atoms with van der Waals surface area (Å²) in [6.07, 6.45) is 0.922. The maximum atomic E-state index is 10.5. The second kappa shape index (κ2) is 5.90. The molecule has 1 saturated heterocycles. The zero-order chi connectivity index (χ0) is 13.9. The number of aliphatic hydroxyl groups excluding tert-OH is 1. The molecule has 0 spiro atoms. The van der Waals surface area contributed by atoms with Gasteiger partial charge in [0.25, 0.3) is 0 Å². The Kier molecular flexibility index (Phi) is 4.45. The molecule has 0 aromatic heterocycles. The van der Waals surface area contributed by atoms with Crippen LogP contribution in [0.1, 0.15) is 31.4 Å². The molecule has 106 valence electrons. The molecular weight excluding hydrogens is 242 g/mol. The highest BCUT2D eigenvalue weighted by molar-refractivity contribution is 5.47. The van der Waals surface area contributed by atoms with Crippen LogP contribution in [-0.2, 0) is 4.74 Å². The van der Waals surface area contributed by atoms with Gasteiger partial charge in [0.2, 0.25) is 0 Å². The van der Waals surface area contributed by atoms with Gasteiger partial charge in [0.05, 0.1) is 11.7 Å². The molecular formula is C15H23NO3. The first-order chi connectivity index (χ1) is 9.00. The first-order valence-electron chi connectivity index (χ1n) is 6.79. The molecule has 1 aliphatic rings. The predicted octanol–water partition coefficient (Wildman–Crippen LogP) is 1.72. The van der Waals surface area contributed by atoms with Crippen molar-refractivity contribution in [3.05, 3.63) is 29.8 Å². The molecule has 0 amide bonds. The smallest absolute Gasteiger partial charge is 0.0865 e. The monoisotopic (exact) mass is 265 g/mol. The van der Waals surface area contributed by atoms with Crippen molar-refractivity contribution in [3.8, 4) is 0 Å². The van der Waals surface area contributed by atoms with Crippen LogP contribution in [0, 0.1) is 0 Å². The van der Waals surface area contributed by atoms with Gasteiger partial charge in [-0.25, -0.2) is 0 Å². The third kappa shape index (κ3) is 3.69. The summed E-state index contributed by atoms with van der Waals surface area (Å²) in [5.41, 5.74) is 1.29. The van der Waals surface area contributed by atoms with E-state index in [9.17, 15) is 10.2 Å². The minimum absolute atomic E-state index is 0.445. The summed E-state index contributed by atoms with van der Waals surface area (Å²) >= 11 is 0. The van der Waals surface area contributed by atoms with E-state index >= 15 is 0 Å². The van der Waals surface area contributed by atoms with Crippen LogP contribution in [0.5, 0.6) is 0 Å². The molecule has 0 saturated carbocycles. The fraction of sp³-hybridized carbons (Fsp3) is 0.600. The third-order valence-corrected chi connectivity index (χ3v) is 3.77. The quantitative estimate of drug-likeness (QED) is 0.870. The van der Waals surface area contributed by atoms with Crippen molar-refractivity contribution in [3.63, 3.8) is 0 Å². The van der Waals surface area contributed by atoms with Gasteiger partial charge in [-0.05, 0) is 24.6 Å². The summed E-state index contributed by atoms with van der Waals surface area (Å²) in [4.78, 5) is 2.05. The molecule has 4 heteroatoms. The van der Waals surface area contributed by atoms with E-state index < -0.39 is 11.7 Å². The molecule has 1 aromatic rings. The van der Waals surface area contributed by atoms with E-state index in [2.05, 4.69) is 4.90 Å². The molecule has 0 radical (unpaired) electrons. The Hall–Kier alpha value is -1.10. The summed E-state index contributed by atoms with van der Waals surface area (Å²) in [7, 11) is 1.98. The Morgan fingerprint density at radius 1 is 1.26 bits per heavy atom. The first-order valence-corrected chi connectivity index (χ1v) is 6.79. The highest BCUT2D eigenvalue weighted by Crippen LogP contribution is 2.25. The lowest BCUT2D eigenvalue weighted by Crippen LogP contribution is -2.45. The number of anilines is 1. The van der Waals surface area contributed by atoms with Gasteiger partial charge in [0.1, 0.15) is 0 Å². The molecule has 0 unspecified atom stereocenters. The summed E-state index contributed by atoms with van der Waals surface area (Å²) in [6, 6.07) is 7.80. The molecule has 0 aliphatic carbocycles. The summed E-state index contributed by atoms with van der Waals surface area (Å²) in [6.45, 7) is 3.62. The zero-order valence-electron chi connectivity index (χ0n) is 11.7. The number of benzene rings is 1. The van der Waals surface area contributed by atoms with E-state index in [4.69, 9.17) is 4.74 Å². The highest BCUT2D eigenvalue weighted by atomic mass is 16.5. The van der Waals surface area contributed by atoms with Crippen molar-refractivity contribution < 1.29 is 14.9 Å². The van der Waals surface area contributed by atoms with Crippen molar-refractivity contribution in [2.24, 2.45) is 0 Å². The Bertz CT molecular complexity index is 396. The van der Waals surface area contributed by atoms with E-state index in [0.29, 0.717) is 32.6 Å². The maximum absolute atomic E-state index is 10.5. The maximum Gasteiger partial charge on any atom is 0.0865 e. The Morgan fingerprint density at radius 2 is 1.84 bits per heavy atom. The number of hydrogen-bond acceptors (Lipinski definition) is 4. The zero-order valence-corrected chi connectivity index (χ0v) is 11.7. The molecule has 2 N–H and O–H groups in total. The molecule has 19 heavy (non-hydrogen) atoms. The number of hydrogen-bond donors (Lipinski definition) is 2. The third-order valence-electron chi connectivity index (χ3n) is 3.77. The normalized spacial score (nSPS) is 20.0. The van der Waals surface area contributed by atoms with Crippen LogP contribution in [0.25, 0.3) is 0 Å². The molecule has 0 bridgehead atoms. The summed E-state index contributed by atoms with van der Waals surface area (Å²) < 4.78 is 5.29. The fourth-order valence-corrected chi connectivity index (χ4v) is 2.45. The average Bonchev–Trinajstić information content (AvgIpc) is 2.39. The van der Waals surface area contributed by atoms with Crippen molar-refractivity contribution >= 4 is 5.69 Å². The van der Waals surface area contributed by atoms with E-state index in [-0.39, 0.29) is 0 Å². The number of likely N-dealkylation sites (N-methyl/N-ethyl adjacent to an activating group) is 1. The van der Waals surface area contributed by atoms with Gasteiger partial charge in [-0.2, -0.15) is 0 Å². The topological polar surface area (TPSA) is 52.9 Å². The van der Waals surface area contributed by atoms with E-state index in [1.165, 1.54) is 0 Å². The van der Waals surface area contributed by atoms with Crippen LogP contribution >= 0.6 is 0 Å². The molecule has 1 atom stereocenters. The van der Waals surface area contributed by atoms with Gasteiger partial charge >= 0.3 is 0 Å². The lowest BCUT2D eigenvalue weighted by atomic mass is 9.93. The second-order valence-electron chi connectivity index (χ2n) is 5.46. The second-order valence-corrected chi connectivity index (χ2v) is 5.46. The van der Waals surface area contributed by atoms with E-state index in [1.807, 2.05) is 31.3 Å². The SMILES string of the molecule is C[C@@H](O)c1ccc(N(C)CC2(O)CCOCC2)cc1. The van der Waals surface area contributed by atoms with Crippen molar-refractivity contribution in [2.45, 2.75) is 31.5 Å². The molecule has 1 aliphatic heterocycles.